The molecule has 0 radical (unpaired) electrons. The van der Waals surface area contributed by atoms with Gasteiger partial charge in [0.2, 0.25) is 0 Å². The molecule has 1 spiro atoms. The van der Waals surface area contributed by atoms with Gasteiger partial charge in [0.05, 0.1) is 18.4 Å². The van der Waals surface area contributed by atoms with Gasteiger partial charge in [-0.1, -0.05) is 78.9 Å². The summed E-state index contributed by atoms with van der Waals surface area (Å²) in [4.78, 5) is 36.9. The van der Waals surface area contributed by atoms with Crippen LogP contribution in [0.15, 0.2) is 84.9 Å². The van der Waals surface area contributed by atoms with Gasteiger partial charge in [-0.15, -0.1) is 0 Å². The molecule has 1 aliphatic heterocycles. The van der Waals surface area contributed by atoms with Crippen molar-refractivity contribution in [2.75, 3.05) is 20.6 Å². The van der Waals surface area contributed by atoms with Gasteiger partial charge < -0.3 is 30.7 Å². The van der Waals surface area contributed by atoms with Crippen molar-refractivity contribution in [3.63, 3.8) is 0 Å². The van der Waals surface area contributed by atoms with Crippen LogP contribution in [0.4, 0.5) is 0 Å². The van der Waals surface area contributed by atoms with Crippen LogP contribution in [0.1, 0.15) is 54.5 Å². The Bertz CT molecular complexity index is 1710. The highest BCUT2D eigenvalue weighted by molar-refractivity contribution is 5.88. The highest BCUT2D eigenvalue weighted by atomic mass is 16.4. The summed E-state index contributed by atoms with van der Waals surface area (Å²) in [6.45, 7) is 1.04. The Morgan fingerprint density at radius 1 is 0.851 bits per heavy atom. The number of carboxylic acid groups (broad SMARTS) is 3. The van der Waals surface area contributed by atoms with Crippen molar-refractivity contribution < 1.29 is 34.8 Å². The van der Waals surface area contributed by atoms with Crippen molar-refractivity contribution in [1.29, 1.82) is 0 Å². The number of aromatic amines is 1. The Labute approximate surface area is 274 Å². The van der Waals surface area contributed by atoms with Crippen LogP contribution in [-0.4, -0.2) is 74.5 Å². The van der Waals surface area contributed by atoms with E-state index in [2.05, 4.69) is 114 Å². The Morgan fingerprint density at radius 2 is 1.45 bits per heavy atom. The molecular formula is C37H43N3O7. The lowest BCUT2D eigenvalue weighted by atomic mass is 9.59. The molecule has 6 N–H and O–H groups in total. The maximum absolute atomic E-state index is 10.3. The molecule has 6 rings (SSSR count). The van der Waals surface area contributed by atoms with E-state index in [9.17, 15) is 14.4 Å². The molecule has 10 heteroatoms. The molecule has 0 bridgehead atoms. The van der Waals surface area contributed by atoms with Gasteiger partial charge in [0.1, 0.15) is 0 Å². The lowest BCUT2D eigenvalue weighted by Crippen LogP contribution is -2.60. The van der Waals surface area contributed by atoms with E-state index in [1.54, 1.807) is 0 Å². The van der Waals surface area contributed by atoms with Crippen LogP contribution in [0.25, 0.3) is 10.9 Å². The molecule has 47 heavy (non-hydrogen) atoms. The summed E-state index contributed by atoms with van der Waals surface area (Å²) >= 11 is 0. The summed E-state index contributed by atoms with van der Waals surface area (Å²) in [5.74, 6) is -4.55. The van der Waals surface area contributed by atoms with Crippen LogP contribution in [0.5, 0.6) is 0 Å². The molecule has 1 fully saturated rings. The van der Waals surface area contributed by atoms with E-state index in [1.165, 1.54) is 33.3 Å². The number of aliphatic hydroxyl groups is 1. The van der Waals surface area contributed by atoms with Crippen molar-refractivity contribution >= 4 is 28.8 Å². The largest absolute Gasteiger partial charge is 0.481 e. The first-order chi connectivity index (χ1) is 22.4. The highest BCUT2D eigenvalue weighted by Crippen LogP contribution is 2.54. The van der Waals surface area contributed by atoms with E-state index in [-0.39, 0.29) is 11.1 Å². The first-order valence-electron chi connectivity index (χ1n) is 15.9. The number of nitrogens with one attached hydrogen (secondary N) is 2. The number of hydrogen-bond acceptors (Lipinski definition) is 6. The van der Waals surface area contributed by atoms with E-state index >= 15 is 0 Å². The fourth-order valence-electron chi connectivity index (χ4n) is 7.73. The maximum Gasteiger partial charge on any atom is 0.336 e. The van der Waals surface area contributed by atoms with Crippen LogP contribution in [0.3, 0.4) is 0 Å². The Morgan fingerprint density at radius 3 is 2.04 bits per heavy atom. The van der Waals surface area contributed by atoms with Crippen molar-refractivity contribution in [2.24, 2.45) is 5.92 Å². The molecule has 0 amide bonds. The van der Waals surface area contributed by atoms with Gasteiger partial charge in [-0.25, -0.2) is 4.79 Å². The lowest BCUT2D eigenvalue weighted by Gasteiger charge is -2.56. The van der Waals surface area contributed by atoms with Crippen molar-refractivity contribution in [1.82, 2.24) is 15.2 Å². The number of rotatable bonds is 9. The molecule has 10 nitrogen and oxygen atoms in total. The van der Waals surface area contributed by atoms with Gasteiger partial charge in [-0.2, -0.15) is 0 Å². The van der Waals surface area contributed by atoms with Crippen LogP contribution in [0, 0.1) is 5.92 Å². The number of carboxylic acids is 3. The summed E-state index contributed by atoms with van der Waals surface area (Å²) in [5.41, 5.74) is 4.40. The number of H-pyrrole nitrogens is 1. The van der Waals surface area contributed by atoms with Crippen LogP contribution < -0.4 is 5.32 Å². The SMILES string of the molecule is CN(C)C1(c2ccccc2)CCC2(NCCc3c2[nH]c2ccccc32)C(Cc2ccccc2)C1.O=C(O)CC(O)(CC(=O)O)C(=O)O. The van der Waals surface area contributed by atoms with Gasteiger partial charge in [-0.3, -0.25) is 14.5 Å². The zero-order valence-corrected chi connectivity index (χ0v) is 26.8. The van der Waals surface area contributed by atoms with Gasteiger partial charge in [0.15, 0.2) is 5.60 Å². The van der Waals surface area contributed by atoms with Crippen molar-refractivity contribution in [3.05, 3.63) is 107 Å². The average Bonchev–Trinajstić information content (AvgIpc) is 3.43. The summed E-state index contributed by atoms with van der Waals surface area (Å²) < 4.78 is 0. The summed E-state index contributed by atoms with van der Waals surface area (Å²) in [6, 6.07) is 31.2. The third-order valence-corrected chi connectivity index (χ3v) is 10.1. The number of carbonyl (C=O) groups is 3. The fourth-order valence-corrected chi connectivity index (χ4v) is 7.73. The Kier molecular flexibility index (Phi) is 9.86. The third-order valence-electron chi connectivity index (χ3n) is 10.1. The Balaban J connectivity index is 0.000000285. The van der Waals surface area contributed by atoms with Gasteiger partial charge >= 0.3 is 17.9 Å². The van der Waals surface area contributed by atoms with Gasteiger partial charge in [0, 0.05) is 28.7 Å². The predicted octanol–water partition coefficient (Wildman–Crippen LogP) is 4.76. The molecule has 2 aliphatic rings. The minimum atomic E-state index is -2.74. The first-order valence-corrected chi connectivity index (χ1v) is 15.9. The number of nitrogens with zero attached hydrogens (tertiary/aromatic N) is 1. The average molecular weight is 642 g/mol. The minimum Gasteiger partial charge on any atom is -0.481 e. The van der Waals surface area contributed by atoms with Crippen molar-refractivity contribution in [2.45, 2.75) is 61.6 Å². The number of benzene rings is 3. The molecule has 3 aromatic carbocycles. The topological polar surface area (TPSA) is 163 Å². The second-order valence-corrected chi connectivity index (χ2v) is 13.0. The molecule has 248 valence electrons. The van der Waals surface area contributed by atoms with Crippen LogP contribution >= 0.6 is 0 Å². The van der Waals surface area contributed by atoms with E-state index in [4.69, 9.17) is 20.4 Å². The van der Waals surface area contributed by atoms with E-state index in [0.717, 1.165) is 38.6 Å². The van der Waals surface area contributed by atoms with E-state index in [0.29, 0.717) is 5.92 Å². The number of aromatic nitrogens is 1. The quantitative estimate of drug-likeness (QED) is 0.151. The molecule has 1 saturated carbocycles. The monoisotopic (exact) mass is 641 g/mol. The van der Waals surface area contributed by atoms with E-state index in [1.807, 2.05) is 0 Å². The Hall–Kier alpha value is -4.51. The van der Waals surface area contributed by atoms with Crippen LogP contribution in [0.2, 0.25) is 0 Å². The number of fused-ring (bicyclic) bond motifs is 4. The molecule has 3 unspecified atom stereocenters. The first kappa shape index (κ1) is 33.8. The number of para-hydroxylation sites is 1. The van der Waals surface area contributed by atoms with Crippen LogP contribution in [-0.2, 0) is 38.3 Å². The molecule has 2 heterocycles. The zero-order chi connectivity index (χ0) is 33.8. The highest BCUT2D eigenvalue weighted by Gasteiger charge is 2.53. The third kappa shape index (κ3) is 6.81. The fraction of sp³-hybridized carbons (Fsp3) is 0.378. The molecule has 1 aromatic heterocycles. The zero-order valence-electron chi connectivity index (χ0n) is 26.8. The second kappa shape index (κ2) is 13.7. The molecule has 3 atom stereocenters. The lowest BCUT2D eigenvalue weighted by molar-refractivity contribution is -0.170. The molecule has 0 saturated heterocycles. The van der Waals surface area contributed by atoms with Gasteiger partial charge in [0.25, 0.3) is 0 Å². The summed E-state index contributed by atoms with van der Waals surface area (Å²) in [7, 11) is 4.54. The molecular weight excluding hydrogens is 598 g/mol. The summed E-state index contributed by atoms with van der Waals surface area (Å²) in [6.07, 6.45) is 3.26. The van der Waals surface area contributed by atoms with Crippen molar-refractivity contribution in [3.8, 4) is 0 Å². The minimum absolute atomic E-state index is 0.0310. The maximum atomic E-state index is 10.3. The number of aliphatic carboxylic acids is 3. The normalized spacial score (nSPS) is 22.3. The molecule has 1 aliphatic carbocycles. The molecule has 4 aromatic rings. The summed E-state index contributed by atoms with van der Waals surface area (Å²) in [5, 5.41) is 39.3. The predicted molar refractivity (Wildman–Crippen MR) is 178 cm³/mol. The number of hydrogen-bond donors (Lipinski definition) is 6. The van der Waals surface area contributed by atoms with E-state index < -0.39 is 36.4 Å². The van der Waals surface area contributed by atoms with Gasteiger partial charge in [-0.05, 0) is 74.9 Å². The smallest absolute Gasteiger partial charge is 0.336 e. The standard InChI is InChI=1S/C31H35N3.C6H8O7/c1-34(2)30(24-13-7-4-8-14-24)18-19-31(25(22-30)21-23-11-5-3-6-12-23)29-27(17-20-32-31)26-15-9-10-16-28(26)33-29;7-3(8)1-6(13,5(11)12)2-4(9)10/h3-16,25,32-33H,17-22H2,1-2H3;13H,1-2H2,(H,7,8)(H,9,10)(H,11,12). The second-order valence-electron chi connectivity index (χ2n) is 13.0.